The molecule has 2 amide bonds. The van der Waals surface area contributed by atoms with Gasteiger partial charge in [0.15, 0.2) is 6.04 Å². The third-order valence-corrected chi connectivity index (χ3v) is 3.84. The summed E-state index contributed by atoms with van der Waals surface area (Å²) in [6.07, 6.45) is 0. The lowest BCUT2D eigenvalue weighted by molar-refractivity contribution is -0.141. The highest BCUT2D eigenvalue weighted by atomic mass is 16.5. The Balaban J connectivity index is 1.99. The van der Waals surface area contributed by atoms with Crippen LogP contribution in [0.3, 0.4) is 0 Å². The zero-order valence-corrected chi connectivity index (χ0v) is 15.6. The molecule has 2 aromatic carbocycles. The second-order valence-corrected chi connectivity index (χ2v) is 5.72. The van der Waals surface area contributed by atoms with Crippen LogP contribution in [0, 0.1) is 0 Å². The van der Waals surface area contributed by atoms with E-state index in [1.54, 1.807) is 55.5 Å². The molecule has 0 aromatic heterocycles. The topological polar surface area (TPSA) is 114 Å². The van der Waals surface area contributed by atoms with Gasteiger partial charge in [0, 0.05) is 0 Å². The Labute approximate surface area is 162 Å². The highest BCUT2D eigenvalue weighted by molar-refractivity contribution is 5.99. The molecule has 0 fully saturated rings. The number of carboxylic acids is 1. The number of carbonyl (C=O) groups is 3. The first-order chi connectivity index (χ1) is 13.5. The van der Waals surface area contributed by atoms with Gasteiger partial charge in [0.2, 0.25) is 5.91 Å². The summed E-state index contributed by atoms with van der Waals surface area (Å²) in [6, 6.07) is 11.7. The average Bonchev–Trinajstić information content (AvgIpc) is 2.71. The summed E-state index contributed by atoms with van der Waals surface area (Å²) in [5, 5.41) is 14.3. The predicted molar refractivity (Wildman–Crippen MR) is 101 cm³/mol. The zero-order valence-electron chi connectivity index (χ0n) is 15.6. The molecular weight excluding hydrogens is 364 g/mol. The van der Waals surface area contributed by atoms with Crippen LogP contribution in [-0.2, 0) is 9.59 Å². The number of benzene rings is 2. The Bertz CT molecular complexity index is 835. The quantitative estimate of drug-likeness (QED) is 0.605. The molecule has 28 heavy (non-hydrogen) atoms. The molecule has 0 spiro atoms. The summed E-state index contributed by atoms with van der Waals surface area (Å²) >= 11 is 0. The summed E-state index contributed by atoms with van der Waals surface area (Å²) in [7, 11) is 1.50. The Morgan fingerprint density at radius 2 is 1.75 bits per heavy atom. The van der Waals surface area contributed by atoms with E-state index < -0.39 is 23.8 Å². The van der Waals surface area contributed by atoms with E-state index in [4.69, 9.17) is 9.47 Å². The molecule has 8 nitrogen and oxygen atoms in total. The van der Waals surface area contributed by atoms with Crippen LogP contribution in [-0.4, -0.2) is 43.2 Å². The SMILES string of the molecule is CCOc1ccccc1C(=O)NCC(=O)NC(C(=O)O)c1ccc(OC)cc1. The first kappa shape index (κ1) is 20.8. The zero-order chi connectivity index (χ0) is 20.5. The smallest absolute Gasteiger partial charge is 0.330 e. The van der Waals surface area contributed by atoms with Crippen LogP contribution in [0.2, 0.25) is 0 Å². The summed E-state index contributed by atoms with van der Waals surface area (Å²) in [5.74, 6) is -1.36. The van der Waals surface area contributed by atoms with E-state index in [2.05, 4.69) is 10.6 Å². The molecule has 1 unspecified atom stereocenters. The number of carboxylic acid groups (broad SMARTS) is 1. The normalized spacial score (nSPS) is 11.2. The second kappa shape index (κ2) is 9.96. The number of para-hydroxylation sites is 1. The molecule has 8 heteroatoms. The molecule has 0 aliphatic carbocycles. The molecule has 3 N–H and O–H groups in total. The van der Waals surface area contributed by atoms with Gasteiger partial charge < -0.3 is 25.2 Å². The molecule has 0 heterocycles. The van der Waals surface area contributed by atoms with Crippen LogP contribution in [0.1, 0.15) is 28.9 Å². The van der Waals surface area contributed by atoms with Crippen molar-refractivity contribution in [2.45, 2.75) is 13.0 Å². The van der Waals surface area contributed by atoms with Crippen LogP contribution >= 0.6 is 0 Å². The predicted octanol–water partition coefficient (Wildman–Crippen LogP) is 1.77. The van der Waals surface area contributed by atoms with Gasteiger partial charge in [-0.2, -0.15) is 0 Å². The van der Waals surface area contributed by atoms with Crippen LogP contribution in [0.4, 0.5) is 0 Å². The van der Waals surface area contributed by atoms with Gasteiger partial charge in [-0.25, -0.2) is 4.79 Å². The Morgan fingerprint density at radius 3 is 2.36 bits per heavy atom. The summed E-state index contributed by atoms with van der Waals surface area (Å²) in [5.41, 5.74) is 0.678. The highest BCUT2D eigenvalue weighted by Gasteiger charge is 2.22. The van der Waals surface area contributed by atoms with Gasteiger partial charge in [-0.05, 0) is 36.8 Å². The average molecular weight is 386 g/mol. The largest absolute Gasteiger partial charge is 0.497 e. The van der Waals surface area contributed by atoms with Crippen molar-refractivity contribution in [1.82, 2.24) is 10.6 Å². The maximum Gasteiger partial charge on any atom is 0.330 e. The molecule has 1 atom stereocenters. The first-order valence-electron chi connectivity index (χ1n) is 8.62. The van der Waals surface area contributed by atoms with Crippen LogP contribution in [0.25, 0.3) is 0 Å². The molecule has 0 aliphatic rings. The lowest BCUT2D eigenvalue weighted by atomic mass is 10.1. The van der Waals surface area contributed by atoms with Crippen molar-refractivity contribution >= 4 is 17.8 Å². The van der Waals surface area contributed by atoms with Crippen molar-refractivity contribution in [1.29, 1.82) is 0 Å². The number of amides is 2. The number of rotatable bonds is 9. The molecule has 0 saturated carbocycles. The molecule has 148 valence electrons. The van der Waals surface area contributed by atoms with Gasteiger partial charge in [0.1, 0.15) is 11.5 Å². The second-order valence-electron chi connectivity index (χ2n) is 5.72. The molecule has 0 aliphatic heterocycles. The molecule has 2 aromatic rings. The Hall–Kier alpha value is -3.55. The van der Waals surface area contributed by atoms with Crippen molar-refractivity contribution in [3.05, 3.63) is 59.7 Å². The Morgan fingerprint density at radius 1 is 1.07 bits per heavy atom. The van der Waals surface area contributed by atoms with Gasteiger partial charge in [-0.1, -0.05) is 24.3 Å². The number of hydrogen-bond acceptors (Lipinski definition) is 5. The van der Waals surface area contributed by atoms with E-state index in [9.17, 15) is 19.5 Å². The molecule has 0 radical (unpaired) electrons. The maximum atomic E-state index is 12.3. The summed E-state index contributed by atoms with van der Waals surface area (Å²) < 4.78 is 10.4. The number of hydrogen-bond donors (Lipinski definition) is 3. The number of aliphatic carboxylic acids is 1. The third-order valence-electron chi connectivity index (χ3n) is 3.84. The number of ether oxygens (including phenoxy) is 2. The van der Waals surface area contributed by atoms with E-state index in [0.717, 1.165) is 0 Å². The van der Waals surface area contributed by atoms with Crippen molar-refractivity contribution in [2.75, 3.05) is 20.3 Å². The molecule has 2 rings (SSSR count). The fourth-order valence-corrected chi connectivity index (χ4v) is 2.49. The monoisotopic (exact) mass is 386 g/mol. The molecular formula is C20H22N2O6. The van der Waals surface area contributed by atoms with E-state index in [1.807, 2.05) is 0 Å². The van der Waals surface area contributed by atoms with Gasteiger partial charge in [-0.3, -0.25) is 9.59 Å². The number of carbonyl (C=O) groups excluding carboxylic acids is 2. The molecule has 0 bridgehead atoms. The van der Waals surface area contributed by atoms with E-state index in [-0.39, 0.29) is 6.54 Å². The maximum absolute atomic E-state index is 12.3. The van der Waals surface area contributed by atoms with Crippen LogP contribution in [0.15, 0.2) is 48.5 Å². The van der Waals surface area contributed by atoms with Crippen LogP contribution in [0.5, 0.6) is 11.5 Å². The van der Waals surface area contributed by atoms with Crippen molar-refractivity contribution in [2.24, 2.45) is 0 Å². The standard InChI is InChI=1S/C20H22N2O6/c1-3-28-16-7-5-4-6-15(16)19(24)21-12-17(23)22-18(20(25)26)13-8-10-14(27-2)11-9-13/h4-11,18H,3,12H2,1-2H3,(H,21,24)(H,22,23)(H,25,26). The van der Waals surface area contributed by atoms with Gasteiger partial charge in [-0.15, -0.1) is 0 Å². The lowest BCUT2D eigenvalue weighted by Crippen LogP contribution is -2.41. The molecule has 0 saturated heterocycles. The highest BCUT2D eigenvalue weighted by Crippen LogP contribution is 2.19. The van der Waals surface area contributed by atoms with Gasteiger partial charge in [0.05, 0.1) is 25.8 Å². The number of nitrogens with one attached hydrogen (secondary N) is 2. The summed E-state index contributed by atoms with van der Waals surface area (Å²) in [6.45, 7) is 1.82. The third kappa shape index (κ3) is 5.47. The van der Waals surface area contributed by atoms with Crippen molar-refractivity contribution in [3.63, 3.8) is 0 Å². The number of methoxy groups -OCH3 is 1. The van der Waals surface area contributed by atoms with E-state index in [0.29, 0.717) is 29.2 Å². The Kier molecular flexibility index (Phi) is 7.38. The lowest BCUT2D eigenvalue weighted by Gasteiger charge is -2.16. The van der Waals surface area contributed by atoms with E-state index in [1.165, 1.54) is 7.11 Å². The van der Waals surface area contributed by atoms with Crippen LogP contribution < -0.4 is 20.1 Å². The minimum atomic E-state index is -1.24. The van der Waals surface area contributed by atoms with Crippen molar-refractivity contribution in [3.8, 4) is 11.5 Å². The minimum absolute atomic E-state index is 0.294. The fraction of sp³-hybridized carbons (Fsp3) is 0.250. The van der Waals surface area contributed by atoms with Crippen molar-refractivity contribution < 1.29 is 29.0 Å². The summed E-state index contributed by atoms with van der Waals surface area (Å²) in [4.78, 5) is 36.0. The van der Waals surface area contributed by atoms with Gasteiger partial charge >= 0.3 is 5.97 Å². The minimum Gasteiger partial charge on any atom is -0.497 e. The first-order valence-corrected chi connectivity index (χ1v) is 8.62. The van der Waals surface area contributed by atoms with Gasteiger partial charge in [0.25, 0.3) is 5.91 Å². The fourth-order valence-electron chi connectivity index (χ4n) is 2.49. The van der Waals surface area contributed by atoms with E-state index >= 15 is 0 Å².